The van der Waals surface area contributed by atoms with Gasteiger partial charge in [0.05, 0.1) is 16.3 Å². The smallest absolute Gasteiger partial charge is 0.368 e. The van der Waals surface area contributed by atoms with Gasteiger partial charge in [-0.05, 0) is 48.9 Å². The molecule has 3 aromatic rings. The third kappa shape index (κ3) is 5.59. The molecular weight excluding hydrogens is 581 g/mol. The van der Waals surface area contributed by atoms with Gasteiger partial charge in [0.15, 0.2) is 0 Å². The first-order chi connectivity index (χ1) is 19.7. The van der Waals surface area contributed by atoms with Crippen LogP contribution in [-0.2, 0) is 22.2 Å². The Labute approximate surface area is 244 Å². The molecule has 0 saturated carbocycles. The Balaban J connectivity index is 1.55. The van der Waals surface area contributed by atoms with E-state index in [2.05, 4.69) is 9.88 Å². The maximum Gasteiger partial charge on any atom is 0.416 e. The van der Waals surface area contributed by atoms with Gasteiger partial charge in [0.1, 0.15) is 23.5 Å². The number of carbonyl (C=O) groups is 2. The van der Waals surface area contributed by atoms with Crippen molar-refractivity contribution in [3.05, 3.63) is 75.9 Å². The van der Waals surface area contributed by atoms with E-state index in [0.717, 1.165) is 28.8 Å². The van der Waals surface area contributed by atoms with E-state index in [1.165, 1.54) is 25.8 Å². The van der Waals surface area contributed by atoms with Gasteiger partial charge in [-0.2, -0.15) is 13.2 Å². The van der Waals surface area contributed by atoms with Gasteiger partial charge in [0.2, 0.25) is 11.8 Å². The van der Waals surface area contributed by atoms with Gasteiger partial charge < -0.3 is 19.6 Å². The number of benzene rings is 2. The third-order valence-electron chi connectivity index (χ3n) is 7.62. The first-order valence-electron chi connectivity index (χ1n) is 13.1. The topological polar surface area (TPSA) is 60.0 Å². The van der Waals surface area contributed by atoms with Gasteiger partial charge in [-0.25, -0.2) is 13.8 Å². The number of fused-ring (bicyclic) bond motifs is 1. The number of aromatic nitrogens is 1. The Hall–Kier alpha value is -3.93. The quantitative estimate of drug-likeness (QED) is 0.280. The molecule has 0 aliphatic carbocycles. The van der Waals surface area contributed by atoms with E-state index >= 15 is 0 Å². The molecule has 2 amide bonds. The fourth-order valence-corrected chi connectivity index (χ4v) is 5.60. The zero-order chi connectivity index (χ0) is 30.5. The van der Waals surface area contributed by atoms with Crippen LogP contribution < -0.4 is 14.7 Å². The molecule has 0 N–H and O–H groups in total. The van der Waals surface area contributed by atoms with Crippen molar-refractivity contribution in [2.45, 2.75) is 32.5 Å². The minimum absolute atomic E-state index is 0.00696. The number of hydrogen-bond acceptors (Lipinski definition) is 5. The number of pyridine rings is 1. The van der Waals surface area contributed by atoms with Gasteiger partial charge in [-0.15, -0.1) is 0 Å². The highest BCUT2D eigenvalue weighted by molar-refractivity contribution is 6.31. The monoisotopic (exact) mass is 607 g/mol. The normalized spacial score (nSPS) is 17.0. The molecule has 7 nitrogen and oxygen atoms in total. The van der Waals surface area contributed by atoms with Crippen molar-refractivity contribution >= 4 is 46.3 Å². The molecule has 0 spiro atoms. The number of alkyl halides is 3. The summed E-state index contributed by atoms with van der Waals surface area (Å²) in [4.78, 5) is 36.2. The van der Waals surface area contributed by atoms with E-state index in [0.29, 0.717) is 43.5 Å². The van der Waals surface area contributed by atoms with Crippen molar-refractivity contribution in [3.8, 4) is 0 Å². The summed E-state index contributed by atoms with van der Waals surface area (Å²) in [6.45, 7) is 5.22. The molecule has 1 fully saturated rings. The van der Waals surface area contributed by atoms with Crippen LogP contribution in [0.3, 0.4) is 0 Å². The number of likely N-dealkylation sites (N-methyl/N-ethyl adjacent to an activating group) is 1. The van der Waals surface area contributed by atoms with Crippen LogP contribution >= 0.6 is 11.6 Å². The minimum Gasteiger partial charge on any atom is -0.368 e. The molecule has 42 heavy (non-hydrogen) atoms. The lowest BCUT2D eigenvalue weighted by Crippen LogP contribution is -2.48. The second kappa shape index (κ2) is 11.0. The van der Waals surface area contributed by atoms with Gasteiger partial charge in [0, 0.05) is 69.7 Å². The molecule has 13 heteroatoms. The molecule has 2 aliphatic rings. The number of piperazine rings is 1. The highest BCUT2D eigenvalue weighted by atomic mass is 35.5. The van der Waals surface area contributed by atoms with Crippen molar-refractivity contribution in [2.24, 2.45) is 0 Å². The maximum absolute atomic E-state index is 14.7. The molecule has 0 radical (unpaired) electrons. The molecule has 0 bridgehead atoms. The van der Waals surface area contributed by atoms with Crippen LogP contribution in [0.5, 0.6) is 0 Å². The average Bonchev–Trinajstić information content (AvgIpc) is 3.32. The highest BCUT2D eigenvalue weighted by Gasteiger charge is 2.40. The van der Waals surface area contributed by atoms with E-state index < -0.39 is 35.3 Å². The summed E-state index contributed by atoms with van der Waals surface area (Å²) >= 11 is 5.85. The second-order valence-corrected chi connectivity index (χ2v) is 10.8. The van der Waals surface area contributed by atoms with E-state index in [9.17, 15) is 31.5 Å². The number of carbonyl (C=O) groups excluding carboxylic acids is 2. The Bertz CT molecular complexity index is 1560. The Kier molecular flexibility index (Phi) is 7.78. The number of aryl methyl sites for hydroxylation is 1. The number of nitrogens with zero attached hydrogens (tertiary/aromatic N) is 5. The van der Waals surface area contributed by atoms with Crippen molar-refractivity contribution in [2.75, 3.05) is 47.9 Å². The predicted molar refractivity (Wildman–Crippen MR) is 149 cm³/mol. The summed E-state index contributed by atoms with van der Waals surface area (Å²) in [7, 11) is 1.29. The molecule has 222 valence electrons. The zero-order valence-electron chi connectivity index (χ0n) is 23.0. The van der Waals surface area contributed by atoms with Gasteiger partial charge in [-0.3, -0.25) is 9.59 Å². The number of amides is 2. The number of hydrogen-bond donors (Lipinski definition) is 0. The molecule has 0 unspecified atom stereocenters. The molecule has 1 atom stereocenters. The van der Waals surface area contributed by atoms with Crippen LogP contribution in [0.15, 0.2) is 42.5 Å². The Morgan fingerprint density at radius 2 is 1.69 bits per heavy atom. The number of rotatable bonds is 4. The molecular formula is C29H27ClF5N5O2. The largest absolute Gasteiger partial charge is 0.416 e. The lowest BCUT2D eigenvalue weighted by molar-refractivity contribution is -0.137. The second-order valence-electron chi connectivity index (χ2n) is 10.4. The first-order valence-corrected chi connectivity index (χ1v) is 13.5. The van der Waals surface area contributed by atoms with Crippen molar-refractivity contribution in [1.29, 1.82) is 0 Å². The van der Waals surface area contributed by atoms with Gasteiger partial charge in [0.25, 0.3) is 0 Å². The summed E-state index contributed by atoms with van der Waals surface area (Å²) in [6, 6.07) is 7.67. The fraction of sp³-hybridized carbons (Fsp3) is 0.345. The lowest BCUT2D eigenvalue weighted by Gasteiger charge is -2.36. The average molecular weight is 608 g/mol. The van der Waals surface area contributed by atoms with Crippen LogP contribution in [-0.4, -0.2) is 61.0 Å². The number of anilines is 4. The highest BCUT2D eigenvalue weighted by Crippen LogP contribution is 2.42. The van der Waals surface area contributed by atoms with Crippen molar-refractivity contribution in [3.63, 3.8) is 0 Å². The summed E-state index contributed by atoms with van der Waals surface area (Å²) in [6.07, 6.45) is -4.56. The summed E-state index contributed by atoms with van der Waals surface area (Å²) in [5.41, 5.74) is 0.903. The molecule has 1 aromatic heterocycles. The van der Waals surface area contributed by atoms with E-state index in [1.807, 2.05) is 12.1 Å². The van der Waals surface area contributed by atoms with Crippen LogP contribution in [0.25, 0.3) is 0 Å². The van der Waals surface area contributed by atoms with Crippen LogP contribution in [0.2, 0.25) is 5.02 Å². The van der Waals surface area contributed by atoms with E-state index in [1.54, 1.807) is 11.0 Å². The standard InChI is InChI=1S/C29H27ClF5N5O2/c1-16-10-19(29(33,34)35)13-27(36-16)40-24-5-4-20(39-8-6-38(7-9-39)17(2)41)11-18(24)12-26(40)28(42)37(3)25-14-21(30)22(31)15-23(25)32/h4-5,10-11,13-15,26H,6-9,12H2,1-3H3/t26-/m0/s1. The molecule has 1 saturated heterocycles. The fourth-order valence-electron chi connectivity index (χ4n) is 5.44. The van der Waals surface area contributed by atoms with Crippen LogP contribution in [0.1, 0.15) is 23.7 Å². The van der Waals surface area contributed by atoms with Crippen LogP contribution in [0.4, 0.5) is 44.8 Å². The lowest BCUT2D eigenvalue weighted by atomic mass is 10.1. The van der Waals surface area contributed by atoms with Crippen molar-refractivity contribution < 1.29 is 31.5 Å². The first kappa shape index (κ1) is 29.6. The van der Waals surface area contributed by atoms with Gasteiger partial charge in [-0.1, -0.05) is 11.6 Å². The van der Waals surface area contributed by atoms with E-state index in [4.69, 9.17) is 11.6 Å². The molecule has 2 aliphatic heterocycles. The zero-order valence-corrected chi connectivity index (χ0v) is 23.7. The minimum atomic E-state index is -4.65. The Morgan fingerprint density at radius 3 is 2.33 bits per heavy atom. The third-order valence-corrected chi connectivity index (χ3v) is 7.91. The summed E-state index contributed by atoms with van der Waals surface area (Å²) < 4.78 is 69.8. The summed E-state index contributed by atoms with van der Waals surface area (Å²) in [5.74, 6) is -2.76. The van der Waals surface area contributed by atoms with Crippen molar-refractivity contribution in [1.82, 2.24) is 9.88 Å². The molecule has 5 rings (SSSR count). The van der Waals surface area contributed by atoms with Crippen LogP contribution in [0, 0.1) is 18.6 Å². The summed E-state index contributed by atoms with van der Waals surface area (Å²) in [5, 5.41) is -0.387. The maximum atomic E-state index is 14.7. The molecule has 2 aromatic carbocycles. The SMILES string of the molecule is CC(=O)N1CCN(c2ccc3c(c2)C[C@@H](C(=O)N(C)c2cc(Cl)c(F)cc2F)N3c2cc(C(F)(F)F)cc(C)n2)CC1. The van der Waals surface area contributed by atoms with E-state index in [-0.39, 0.29) is 34.5 Å². The molecule has 3 heterocycles. The Morgan fingerprint density at radius 1 is 1.00 bits per heavy atom. The predicted octanol–water partition coefficient (Wildman–Crippen LogP) is 5.73. The van der Waals surface area contributed by atoms with Gasteiger partial charge >= 0.3 is 6.18 Å². The number of halogens is 6.